The number of rotatable bonds is 6. The van der Waals surface area contributed by atoms with Gasteiger partial charge in [-0.3, -0.25) is 0 Å². The van der Waals surface area contributed by atoms with Crippen LogP contribution in [0.5, 0.6) is 0 Å². The topological polar surface area (TPSA) is 6.48 Å². The monoisotopic (exact) mass is 1200 g/mol. The molecule has 4 spiro atoms. The first-order valence-electron chi connectivity index (χ1n) is 33.6. The van der Waals surface area contributed by atoms with Gasteiger partial charge in [0, 0.05) is 85.8 Å². The van der Waals surface area contributed by atoms with Gasteiger partial charge in [0.05, 0.1) is 16.4 Å². The van der Waals surface area contributed by atoms with Crippen LogP contribution < -0.4 is 9.80 Å². The standard InChI is InChI=1S/C90H57ClN2/c1-49-42-77(92(51-33-37-59-67(44-51)80-57-21-4-2-19-55(57)79(59)56-20-3-5-22-58(56)80)52-34-38-60-68(45-52)83-64-25-8-13-30-74(64)88(83)72-28-11-6-23-62(72)81(60)88)86(91)78(43-49)93(53-35-39-61-69(46-53)84-65-26-9-14-31-75(65)89(84)73-29-12-7-24-63(73)82(61)89)54-36-40-71-70(47-54)85-66-27-10-15-32-76(66)90(85)50-18-16-17-41-87(71,90)48-50/h2-48,79-85H,1H3. The van der Waals surface area contributed by atoms with Crippen molar-refractivity contribution in [1.82, 2.24) is 0 Å². The zero-order chi connectivity index (χ0) is 60.3. The van der Waals surface area contributed by atoms with Crippen LogP contribution in [0.3, 0.4) is 0 Å². The molecule has 13 aliphatic carbocycles. The summed E-state index contributed by atoms with van der Waals surface area (Å²) in [6, 6.07) is 99.5. The summed E-state index contributed by atoms with van der Waals surface area (Å²) >= 11 is 8.72. The van der Waals surface area contributed by atoms with Gasteiger partial charge in [-0.05, 0) is 201 Å². The Morgan fingerprint density at radius 3 is 1.16 bits per heavy atom. The molecule has 0 heterocycles. The Hall–Kier alpha value is -10.3. The molecule has 0 aromatic heterocycles. The number of hydrogen-bond donors (Lipinski definition) is 0. The minimum Gasteiger partial charge on any atom is -0.309 e. The van der Waals surface area contributed by atoms with Crippen LogP contribution in [0.25, 0.3) is 0 Å². The van der Waals surface area contributed by atoms with Gasteiger partial charge in [0.15, 0.2) is 0 Å². The van der Waals surface area contributed by atoms with Crippen molar-refractivity contribution in [3.05, 3.63) is 424 Å². The number of nitrogens with zero attached hydrogens (tertiary/aromatic N) is 2. The number of allylic oxidation sites excluding steroid dienone is 6. The second-order valence-electron chi connectivity index (χ2n) is 29.0. The van der Waals surface area contributed by atoms with Crippen LogP contribution in [-0.2, 0) is 21.7 Å². The Labute approximate surface area is 545 Å². The van der Waals surface area contributed by atoms with Crippen LogP contribution in [0.1, 0.15) is 169 Å². The number of aryl methyl sites for hydroxylation is 1. The summed E-state index contributed by atoms with van der Waals surface area (Å²) in [5, 5.41) is 0.710. The predicted octanol–water partition coefficient (Wildman–Crippen LogP) is 21.1. The smallest absolute Gasteiger partial charge is 0.0887 e. The molecule has 0 radical (unpaired) electrons. The van der Waals surface area contributed by atoms with Gasteiger partial charge in [0.1, 0.15) is 0 Å². The first-order chi connectivity index (χ1) is 45.9. The Morgan fingerprint density at radius 2 is 0.677 bits per heavy atom. The van der Waals surface area contributed by atoms with Crippen LogP contribution in [0.15, 0.2) is 291 Å². The number of halogens is 1. The third kappa shape index (κ3) is 5.18. The Morgan fingerprint density at radius 1 is 0.312 bits per heavy atom. The molecule has 9 unspecified atom stereocenters. The number of hydrogen-bond acceptors (Lipinski definition) is 2. The lowest BCUT2D eigenvalue weighted by Gasteiger charge is -2.61. The van der Waals surface area contributed by atoms with Crippen molar-refractivity contribution in [2.75, 3.05) is 9.80 Å². The third-order valence-electron chi connectivity index (χ3n) is 25.9. The molecule has 2 nitrogen and oxygen atoms in total. The Bertz CT molecular complexity index is 5630. The average Bonchev–Trinajstić information content (AvgIpc) is 1.50. The Kier molecular flexibility index (Phi) is 8.68. The quantitative estimate of drug-likeness (QED) is 0.164. The van der Waals surface area contributed by atoms with Gasteiger partial charge in [-0.15, -0.1) is 0 Å². The van der Waals surface area contributed by atoms with Crippen molar-refractivity contribution in [1.29, 1.82) is 0 Å². The zero-order valence-corrected chi connectivity index (χ0v) is 51.7. The molecule has 0 amide bonds. The van der Waals surface area contributed by atoms with Crippen LogP contribution >= 0.6 is 11.6 Å². The molecule has 13 aliphatic rings. The summed E-state index contributed by atoms with van der Waals surface area (Å²) in [6.45, 7) is 2.28. The second kappa shape index (κ2) is 16.3. The molecule has 0 fully saturated rings. The lowest BCUT2D eigenvalue weighted by atomic mass is 9.39. The van der Waals surface area contributed by atoms with Gasteiger partial charge in [0.25, 0.3) is 0 Å². The molecule has 93 heavy (non-hydrogen) atoms. The lowest BCUT2D eigenvalue weighted by Crippen LogP contribution is -2.59. The molecule has 9 atom stereocenters. The number of fused-ring (bicyclic) bond motifs is 18. The molecule has 3 heteroatoms. The third-order valence-corrected chi connectivity index (χ3v) is 26.2. The second-order valence-corrected chi connectivity index (χ2v) is 29.3. The predicted molar refractivity (Wildman–Crippen MR) is 373 cm³/mol. The molecule has 4 bridgehead atoms. The summed E-state index contributed by atoms with van der Waals surface area (Å²) in [5.41, 5.74) is 40.2. The van der Waals surface area contributed by atoms with Gasteiger partial charge >= 0.3 is 0 Å². The van der Waals surface area contributed by atoms with Crippen LogP contribution in [0, 0.1) is 6.92 Å². The van der Waals surface area contributed by atoms with E-state index in [9.17, 15) is 0 Å². The number of anilines is 6. The molecule has 434 valence electrons. The minimum atomic E-state index is -0.218. The highest BCUT2D eigenvalue weighted by molar-refractivity contribution is 6.37. The van der Waals surface area contributed by atoms with E-state index in [4.69, 9.17) is 11.6 Å². The molecule has 0 aliphatic heterocycles. The van der Waals surface area contributed by atoms with E-state index in [2.05, 4.69) is 302 Å². The van der Waals surface area contributed by atoms with Gasteiger partial charge < -0.3 is 9.80 Å². The molecule has 0 saturated heterocycles. The average molecular weight is 1200 g/mol. The largest absolute Gasteiger partial charge is 0.309 e. The fourth-order valence-electron chi connectivity index (χ4n) is 23.0. The summed E-state index contributed by atoms with van der Waals surface area (Å²) in [4.78, 5) is 5.09. The summed E-state index contributed by atoms with van der Waals surface area (Å²) < 4.78 is 0. The summed E-state index contributed by atoms with van der Waals surface area (Å²) in [6.07, 6.45) is 12.0. The highest BCUT2D eigenvalue weighted by Gasteiger charge is 2.75. The number of benzene rings is 12. The molecule has 12 aromatic rings. The van der Waals surface area contributed by atoms with Crippen molar-refractivity contribution < 1.29 is 0 Å². The van der Waals surface area contributed by atoms with Crippen molar-refractivity contribution >= 4 is 45.7 Å². The van der Waals surface area contributed by atoms with Crippen LogP contribution in [0.2, 0.25) is 5.02 Å². The van der Waals surface area contributed by atoms with Crippen molar-refractivity contribution in [3.8, 4) is 0 Å². The van der Waals surface area contributed by atoms with E-state index in [1.165, 1.54) is 128 Å². The van der Waals surface area contributed by atoms with E-state index in [0.717, 1.165) is 39.7 Å². The maximum atomic E-state index is 8.72. The van der Waals surface area contributed by atoms with E-state index in [-0.39, 0.29) is 51.2 Å². The highest BCUT2D eigenvalue weighted by atomic mass is 35.5. The first-order valence-corrected chi connectivity index (χ1v) is 34.0. The SMILES string of the molecule is Cc1cc(N(c2ccc3c(c2)C2c4ccccc4C3c3ccccc32)c2ccc3c(c2)C2c4ccccc4C24c2ccccc2C34)c(Cl)c(N(c2ccc3c(c2)C2c4ccccc4C24c2ccccc2C34)c2ccc3c(c2)C2c4ccccc4C24C2=CC34C=CC=C2)c1. The van der Waals surface area contributed by atoms with Gasteiger partial charge in [-0.1, -0.05) is 236 Å². The molecule has 0 saturated carbocycles. The molecular formula is C90H57ClN2. The first kappa shape index (κ1) is 49.5. The van der Waals surface area contributed by atoms with E-state index in [1.54, 1.807) is 0 Å². The van der Waals surface area contributed by atoms with E-state index in [0.29, 0.717) is 16.9 Å². The van der Waals surface area contributed by atoms with Crippen LogP contribution in [-0.4, -0.2) is 0 Å². The maximum Gasteiger partial charge on any atom is 0.0887 e. The Balaban J connectivity index is 0.738. The zero-order valence-electron chi connectivity index (χ0n) is 50.9. The fraction of sp³-hybridized carbons (Fsp3) is 0.133. The summed E-state index contributed by atoms with van der Waals surface area (Å²) in [7, 11) is 0. The van der Waals surface area contributed by atoms with Gasteiger partial charge in [0.2, 0.25) is 0 Å². The van der Waals surface area contributed by atoms with Gasteiger partial charge in [-0.2, -0.15) is 0 Å². The minimum absolute atomic E-state index is 0.0589. The molecule has 25 rings (SSSR count). The molecule has 0 N–H and O–H groups in total. The van der Waals surface area contributed by atoms with Crippen molar-refractivity contribution in [3.63, 3.8) is 0 Å². The fourth-order valence-corrected chi connectivity index (χ4v) is 23.2. The van der Waals surface area contributed by atoms with E-state index < -0.39 is 0 Å². The molecule has 12 aromatic carbocycles. The van der Waals surface area contributed by atoms with Crippen LogP contribution in [0.4, 0.5) is 34.1 Å². The summed E-state index contributed by atoms with van der Waals surface area (Å²) in [5.74, 6) is 1.62. The van der Waals surface area contributed by atoms with E-state index in [1.807, 2.05) is 0 Å². The normalized spacial score (nSPS) is 27.5. The van der Waals surface area contributed by atoms with Crippen molar-refractivity contribution in [2.45, 2.75) is 70.0 Å². The van der Waals surface area contributed by atoms with E-state index >= 15 is 0 Å². The lowest BCUT2D eigenvalue weighted by molar-refractivity contribution is 0.285. The maximum absolute atomic E-state index is 8.72. The van der Waals surface area contributed by atoms with Gasteiger partial charge in [-0.25, -0.2) is 0 Å². The molecular weight excluding hydrogens is 1140 g/mol. The highest BCUT2D eigenvalue weighted by Crippen LogP contribution is 2.81. The van der Waals surface area contributed by atoms with Crippen molar-refractivity contribution in [2.24, 2.45) is 0 Å².